The highest BCUT2D eigenvalue weighted by atomic mass is 35.5. The van der Waals surface area contributed by atoms with Crippen molar-refractivity contribution in [3.8, 4) is 11.1 Å². The van der Waals surface area contributed by atoms with Gasteiger partial charge in [0.2, 0.25) is 5.91 Å². The molecule has 0 atom stereocenters. The first-order chi connectivity index (χ1) is 18.0. The van der Waals surface area contributed by atoms with Crippen LogP contribution in [0.2, 0.25) is 5.02 Å². The fraction of sp³-hybridized carbons (Fsp3) is 0.300. The van der Waals surface area contributed by atoms with Crippen LogP contribution in [0.25, 0.3) is 22.0 Å². The van der Waals surface area contributed by atoms with E-state index in [9.17, 15) is 4.79 Å². The van der Waals surface area contributed by atoms with Gasteiger partial charge in [0.15, 0.2) is 0 Å². The summed E-state index contributed by atoms with van der Waals surface area (Å²) >= 11 is 6.37. The van der Waals surface area contributed by atoms with Gasteiger partial charge in [0.1, 0.15) is 0 Å². The number of amides is 1. The standard InChI is InChI=1S/C30H34ClN5O/c31-28-9-4-1-6-23(28)20-35-16-14-34(15-17-35)19-22-10-11-29-26(18-22)27(21-36(29)13-5-12-32)24-7-2-3-8-25(24)30(33)37/h1-4,6-11,18,21H,5,12-17,19-20,32H2,(H2,33,37). The molecule has 1 amide bonds. The van der Waals surface area contributed by atoms with E-state index in [0.717, 1.165) is 79.3 Å². The summed E-state index contributed by atoms with van der Waals surface area (Å²) in [5.41, 5.74) is 17.6. The van der Waals surface area contributed by atoms with Crippen molar-refractivity contribution >= 4 is 28.4 Å². The fourth-order valence-corrected chi connectivity index (χ4v) is 5.46. The average molecular weight is 516 g/mol. The first-order valence-corrected chi connectivity index (χ1v) is 13.3. The smallest absolute Gasteiger partial charge is 0.249 e. The van der Waals surface area contributed by atoms with Crippen LogP contribution >= 0.6 is 11.6 Å². The van der Waals surface area contributed by atoms with Crippen LogP contribution in [0, 0.1) is 0 Å². The molecule has 1 aromatic heterocycles. The summed E-state index contributed by atoms with van der Waals surface area (Å²) in [6, 6.07) is 22.4. The van der Waals surface area contributed by atoms with Crippen LogP contribution in [-0.2, 0) is 19.6 Å². The van der Waals surface area contributed by atoms with E-state index in [1.807, 2.05) is 36.4 Å². The Hall–Kier alpha value is -3.16. The van der Waals surface area contributed by atoms with Crippen LogP contribution in [-0.4, -0.2) is 53.0 Å². The highest BCUT2D eigenvalue weighted by molar-refractivity contribution is 6.31. The number of hydrogen-bond donors (Lipinski definition) is 2. The van der Waals surface area contributed by atoms with Crippen molar-refractivity contribution in [3.63, 3.8) is 0 Å². The van der Waals surface area contributed by atoms with Crippen molar-refractivity contribution in [3.05, 3.63) is 94.6 Å². The van der Waals surface area contributed by atoms with Crippen molar-refractivity contribution in [1.82, 2.24) is 14.4 Å². The highest BCUT2D eigenvalue weighted by Gasteiger charge is 2.20. The van der Waals surface area contributed by atoms with Gasteiger partial charge < -0.3 is 16.0 Å². The number of nitrogens with zero attached hydrogens (tertiary/aromatic N) is 3. The minimum atomic E-state index is -0.413. The van der Waals surface area contributed by atoms with Gasteiger partial charge in [0.25, 0.3) is 0 Å². The van der Waals surface area contributed by atoms with Crippen molar-refractivity contribution in [2.75, 3.05) is 32.7 Å². The molecular weight excluding hydrogens is 482 g/mol. The average Bonchev–Trinajstić information content (AvgIpc) is 3.27. The minimum Gasteiger partial charge on any atom is -0.366 e. The predicted molar refractivity (Wildman–Crippen MR) is 152 cm³/mol. The number of carbonyl (C=O) groups is 1. The maximum Gasteiger partial charge on any atom is 0.249 e. The zero-order valence-corrected chi connectivity index (χ0v) is 21.8. The van der Waals surface area contributed by atoms with Gasteiger partial charge in [-0.05, 0) is 53.9 Å². The molecule has 0 unspecified atom stereocenters. The molecular formula is C30H34ClN5O. The van der Waals surface area contributed by atoms with Crippen LogP contribution in [0.3, 0.4) is 0 Å². The van der Waals surface area contributed by atoms with Gasteiger partial charge in [0, 0.05) is 79.1 Å². The Labute approximate surface area is 223 Å². The number of aromatic nitrogens is 1. The van der Waals surface area contributed by atoms with Crippen LogP contribution in [0.15, 0.2) is 72.9 Å². The van der Waals surface area contributed by atoms with Crippen LogP contribution in [0.1, 0.15) is 27.9 Å². The van der Waals surface area contributed by atoms with Crippen LogP contribution in [0.4, 0.5) is 0 Å². The molecule has 5 rings (SSSR count). The molecule has 4 aromatic rings. The highest BCUT2D eigenvalue weighted by Crippen LogP contribution is 2.34. The lowest BCUT2D eigenvalue weighted by Gasteiger charge is -2.35. The first kappa shape index (κ1) is 25.5. The lowest BCUT2D eigenvalue weighted by Crippen LogP contribution is -2.45. The molecule has 4 N–H and O–H groups in total. The van der Waals surface area contributed by atoms with Crippen LogP contribution < -0.4 is 11.5 Å². The van der Waals surface area contributed by atoms with Gasteiger partial charge in [-0.2, -0.15) is 0 Å². The van der Waals surface area contributed by atoms with E-state index in [2.05, 4.69) is 44.8 Å². The Balaban J connectivity index is 1.36. The van der Waals surface area contributed by atoms with Crippen molar-refractivity contribution < 1.29 is 4.79 Å². The third kappa shape index (κ3) is 5.73. The number of carbonyl (C=O) groups excluding carboxylic acids is 1. The molecule has 0 bridgehead atoms. The van der Waals surface area contributed by atoms with Gasteiger partial charge in [0.05, 0.1) is 0 Å². The molecule has 37 heavy (non-hydrogen) atoms. The molecule has 0 saturated carbocycles. The maximum atomic E-state index is 12.2. The predicted octanol–water partition coefficient (Wildman–Crippen LogP) is 4.73. The van der Waals surface area contributed by atoms with Crippen molar-refractivity contribution in [2.45, 2.75) is 26.1 Å². The third-order valence-electron chi connectivity index (χ3n) is 7.25. The molecule has 2 heterocycles. The Morgan fingerprint density at radius 3 is 2.30 bits per heavy atom. The van der Waals surface area contributed by atoms with Gasteiger partial charge in [-0.25, -0.2) is 0 Å². The zero-order chi connectivity index (χ0) is 25.8. The summed E-state index contributed by atoms with van der Waals surface area (Å²) in [5, 5.41) is 1.98. The molecule has 0 radical (unpaired) electrons. The summed E-state index contributed by atoms with van der Waals surface area (Å²) in [6.45, 7) is 7.29. The molecule has 192 valence electrons. The van der Waals surface area contributed by atoms with E-state index in [4.69, 9.17) is 23.1 Å². The largest absolute Gasteiger partial charge is 0.366 e. The number of nitrogens with two attached hydrogens (primary N) is 2. The Morgan fingerprint density at radius 1 is 0.865 bits per heavy atom. The molecule has 1 fully saturated rings. The van der Waals surface area contributed by atoms with Gasteiger partial charge in [-0.3, -0.25) is 14.6 Å². The third-order valence-corrected chi connectivity index (χ3v) is 7.62. The molecule has 0 aliphatic carbocycles. The van der Waals surface area contributed by atoms with E-state index in [1.54, 1.807) is 6.07 Å². The number of fused-ring (bicyclic) bond motifs is 1. The number of halogens is 1. The normalized spacial score (nSPS) is 14.9. The molecule has 6 nitrogen and oxygen atoms in total. The Bertz CT molecular complexity index is 1390. The lowest BCUT2D eigenvalue weighted by atomic mass is 9.98. The second-order valence-electron chi connectivity index (χ2n) is 9.78. The van der Waals surface area contributed by atoms with E-state index in [-0.39, 0.29) is 0 Å². The first-order valence-electron chi connectivity index (χ1n) is 12.9. The maximum absolute atomic E-state index is 12.2. The summed E-state index contributed by atoms with van der Waals surface area (Å²) in [6.07, 6.45) is 3.03. The molecule has 7 heteroatoms. The summed E-state index contributed by atoms with van der Waals surface area (Å²) < 4.78 is 2.24. The number of benzene rings is 3. The Kier molecular flexibility index (Phi) is 7.91. The van der Waals surface area contributed by atoms with Crippen molar-refractivity contribution in [2.24, 2.45) is 11.5 Å². The molecule has 1 aliphatic rings. The van der Waals surface area contributed by atoms with Crippen LogP contribution in [0.5, 0.6) is 0 Å². The van der Waals surface area contributed by atoms with Gasteiger partial charge >= 0.3 is 0 Å². The second-order valence-corrected chi connectivity index (χ2v) is 10.2. The molecule has 0 spiro atoms. The summed E-state index contributed by atoms with van der Waals surface area (Å²) in [5.74, 6) is -0.413. The monoisotopic (exact) mass is 515 g/mol. The molecule has 1 aliphatic heterocycles. The van der Waals surface area contributed by atoms with E-state index in [1.165, 1.54) is 11.1 Å². The summed E-state index contributed by atoms with van der Waals surface area (Å²) in [7, 11) is 0. The lowest BCUT2D eigenvalue weighted by molar-refractivity contribution is 0.100. The minimum absolute atomic E-state index is 0.413. The number of piperazine rings is 1. The number of hydrogen-bond acceptors (Lipinski definition) is 4. The SMILES string of the molecule is NCCCn1cc(-c2ccccc2C(N)=O)c2cc(CN3CCN(Cc4ccccc4Cl)CC3)ccc21. The molecule has 1 saturated heterocycles. The quantitative estimate of drug-likeness (QED) is 0.338. The number of aryl methyl sites for hydroxylation is 1. The zero-order valence-electron chi connectivity index (χ0n) is 21.1. The summed E-state index contributed by atoms with van der Waals surface area (Å²) in [4.78, 5) is 17.2. The molecule has 3 aromatic carbocycles. The topological polar surface area (TPSA) is 80.5 Å². The Morgan fingerprint density at radius 2 is 1.57 bits per heavy atom. The second kappa shape index (κ2) is 11.5. The number of primary amides is 1. The van der Waals surface area contributed by atoms with E-state index < -0.39 is 5.91 Å². The van der Waals surface area contributed by atoms with Gasteiger partial charge in [-0.15, -0.1) is 0 Å². The fourth-order valence-electron chi connectivity index (χ4n) is 5.27. The number of rotatable bonds is 9. The van der Waals surface area contributed by atoms with Crippen molar-refractivity contribution in [1.29, 1.82) is 0 Å². The van der Waals surface area contributed by atoms with E-state index >= 15 is 0 Å². The van der Waals surface area contributed by atoms with Gasteiger partial charge in [-0.1, -0.05) is 54.1 Å². The van der Waals surface area contributed by atoms with E-state index in [0.29, 0.717) is 12.1 Å².